The summed E-state index contributed by atoms with van der Waals surface area (Å²) in [7, 11) is 6.79. The van der Waals surface area contributed by atoms with Crippen molar-refractivity contribution in [3.8, 4) is 17.2 Å². The van der Waals surface area contributed by atoms with Crippen LogP contribution in [0.5, 0.6) is 17.2 Å². The Bertz CT molecular complexity index is 371. The molecule has 1 aromatic carbocycles. The molecule has 0 bridgehead atoms. The van der Waals surface area contributed by atoms with Crippen LogP contribution in [0.3, 0.4) is 0 Å². The van der Waals surface area contributed by atoms with Crippen LogP contribution < -0.4 is 24.8 Å². The summed E-state index contributed by atoms with van der Waals surface area (Å²) in [5, 5.41) is 6.60. The van der Waals surface area contributed by atoms with Crippen molar-refractivity contribution < 1.29 is 14.2 Å². The van der Waals surface area contributed by atoms with Crippen molar-refractivity contribution in [1.82, 2.24) is 10.6 Å². The third kappa shape index (κ3) is 3.75. The molecule has 0 spiro atoms. The minimum absolute atomic E-state index is 0.189. The van der Waals surface area contributed by atoms with Gasteiger partial charge in [-0.3, -0.25) is 0 Å². The fourth-order valence-electron chi connectivity index (χ4n) is 1.98. The van der Waals surface area contributed by atoms with E-state index in [1.165, 1.54) is 0 Å². The summed E-state index contributed by atoms with van der Waals surface area (Å²) in [6.07, 6.45) is 0. The molecular formula is C14H24N2O3. The van der Waals surface area contributed by atoms with Crippen LogP contribution in [0.4, 0.5) is 0 Å². The molecule has 0 aromatic heterocycles. The van der Waals surface area contributed by atoms with Crippen molar-refractivity contribution in [3.05, 3.63) is 17.7 Å². The molecule has 19 heavy (non-hydrogen) atoms. The molecule has 0 fully saturated rings. The maximum Gasteiger partial charge on any atom is 0.203 e. The first kappa shape index (κ1) is 15.6. The van der Waals surface area contributed by atoms with E-state index < -0.39 is 0 Å². The average molecular weight is 268 g/mol. The number of hydrogen-bond donors (Lipinski definition) is 2. The summed E-state index contributed by atoms with van der Waals surface area (Å²) >= 11 is 0. The molecule has 0 saturated carbocycles. The van der Waals surface area contributed by atoms with Crippen LogP contribution in [-0.4, -0.2) is 41.5 Å². The Morgan fingerprint density at radius 1 is 1.05 bits per heavy atom. The smallest absolute Gasteiger partial charge is 0.203 e. The van der Waals surface area contributed by atoms with Crippen molar-refractivity contribution in [2.75, 3.05) is 41.5 Å². The number of likely N-dealkylation sites (N-methyl/N-ethyl adjacent to an activating group) is 2. The van der Waals surface area contributed by atoms with Gasteiger partial charge in [-0.05, 0) is 31.3 Å². The van der Waals surface area contributed by atoms with Crippen LogP contribution >= 0.6 is 0 Å². The Morgan fingerprint density at radius 2 is 1.63 bits per heavy atom. The zero-order valence-electron chi connectivity index (χ0n) is 12.4. The molecular weight excluding hydrogens is 244 g/mol. The lowest BCUT2D eigenvalue weighted by atomic mass is 10.1. The highest BCUT2D eigenvalue weighted by atomic mass is 16.5. The van der Waals surface area contributed by atoms with E-state index in [1.807, 2.05) is 19.2 Å². The number of hydrogen-bond acceptors (Lipinski definition) is 5. The Labute approximate surface area is 115 Å². The van der Waals surface area contributed by atoms with Gasteiger partial charge in [0.15, 0.2) is 11.5 Å². The summed E-state index contributed by atoms with van der Waals surface area (Å²) in [6, 6.07) is 4.13. The average Bonchev–Trinajstić information content (AvgIpc) is 2.46. The number of nitrogens with one attached hydrogen (secondary N) is 2. The van der Waals surface area contributed by atoms with Crippen LogP contribution in [-0.2, 0) is 0 Å². The number of rotatable bonds is 8. The normalized spacial score (nSPS) is 12.1. The molecule has 1 aromatic rings. The molecule has 5 heteroatoms. The molecule has 1 unspecified atom stereocenters. The van der Waals surface area contributed by atoms with E-state index in [2.05, 4.69) is 17.6 Å². The van der Waals surface area contributed by atoms with Crippen molar-refractivity contribution in [2.45, 2.75) is 13.0 Å². The van der Waals surface area contributed by atoms with E-state index in [4.69, 9.17) is 14.2 Å². The third-order valence-electron chi connectivity index (χ3n) is 3.04. The van der Waals surface area contributed by atoms with Gasteiger partial charge in [0.1, 0.15) is 0 Å². The van der Waals surface area contributed by atoms with Crippen LogP contribution in [0.15, 0.2) is 12.1 Å². The maximum absolute atomic E-state index is 5.37. The van der Waals surface area contributed by atoms with Gasteiger partial charge in [0, 0.05) is 12.6 Å². The monoisotopic (exact) mass is 268 g/mol. The molecule has 0 radical (unpaired) electrons. The summed E-state index contributed by atoms with van der Waals surface area (Å²) in [4.78, 5) is 0. The zero-order chi connectivity index (χ0) is 14.3. The van der Waals surface area contributed by atoms with Gasteiger partial charge >= 0.3 is 0 Å². The summed E-state index contributed by atoms with van der Waals surface area (Å²) < 4.78 is 16.1. The lowest BCUT2D eigenvalue weighted by molar-refractivity contribution is 0.323. The number of methoxy groups -OCH3 is 3. The predicted octanol–water partition coefficient (Wildman–Crippen LogP) is 1.58. The van der Waals surface area contributed by atoms with E-state index in [1.54, 1.807) is 21.3 Å². The van der Waals surface area contributed by atoms with Gasteiger partial charge in [0.2, 0.25) is 5.75 Å². The molecule has 0 amide bonds. The molecule has 108 valence electrons. The van der Waals surface area contributed by atoms with Crippen molar-refractivity contribution in [2.24, 2.45) is 0 Å². The SMILES string of the molecule is CCNCC(NC)c1cc(OC)c(OC)c(OC)c1. The van der Waals surface area contributed by atoms with Gasteiger partial charge in [-0.15, -0.1) is 0 Å². The Hall–Kier alpha value is -1.46. The second-order valence-corrected chi connectivity index (χ2v) is 4.11. The standard InChI is InChI=1S/C14H24N2O3/c1-6-16-9-11(15-2)10-7-12(17-3)14(19-5)13(8-10)18-4/h7-8,11,15-16H,6,9H2,1-5H3. The zero-order valence-corrected chi connectivity index (χ0v) is 12.4. The van der Waals surface area contributed by atoms with Gasteiger partial charge < -0.3 is 24.8 Å². The van der Waals surface area contributed by atoms with Crippen molar-refractivity contribution in [1.29, 1.82) is 0 Å². The second kappa shape index (κ2) is 7.86. The van der Waals surface area contributed by atoms with E-state index in [0.29, 0.717) is 17.2 Å². The fraction of sp³-hybridized carbons (Fsp3) is 0.571. The Balaban J connectivity index is 3.12. The summed E-state index contributed by atoms with van der Waals surface area (Å²) in [5.74, 6) is 1.97. The third-order valence-corrected chi connectivity index (χ3v) is 3.04. The quantitative estimate of drug-likeness (QED) is 0.750. The summed E-state index contributed by atoms with van der Waals surface area (Å²) in [5.41, 5.74) is 1.10. The molecule has 2 N–H and O–H groups in total. The van der Waals surface area contributed by atoms with E-state index in [-0.39, 0.29) is 6.04 Å². The van der Waals surface area contributed by atoms with Gasteiger partial charge in [-0.1, -0.05) is 6.92 Å². The first-order chi connectivity index (χ1) is 9.21. The van der Waals surface area contributed by atoms with Crippen molar-refractivity contribution >= 4 is 0 Å². The molecule has 1 atom stereocenters. The highest BCUT2D eigenvalue weighted by Gasteiger charge is 2.17. The molecule has 0 aliphatic rings. The molecule has 0 saturated heterocycles. The Morgan fingerprint density at radius 3 is 2.00 bits per heavy atom. The largest absolute Gasteiger partial charge is 0.493 e. The van der Waals surface area contributed by atoms with E-state index in [0.717, 1.165) is 18.7 Å². The number of benzene rings is 1. The fourth-order valence-corrected chi connectivity index (χ4v) is 1.98. The van der Waals surface area contributed by atoms with Crippen LogP contribution in [0.1, 0.15) is 18.5 Å². The summed E-state index contributed by atoms with van der Waals surface area (Å²) in [6.45, 7) is 3.86. The lowest BCUT2D eigenvalue weighted by Gasteiger charge is -2.20. The van der Waals surface area contributed by atoms with Gasteiger partial charge in [-0.25, -0.2) is 0 Å². The van der Waals surface area contributed by atoms with Crippen LogP contribution in [0, 0.1) is 0 Å². The molecule has 0 aliphatic heterocycles. The second-order valence-electron chi connectivity index (χ2n) is 4.11. The highest BCUT2D eigenvalue weighted by molar-refractivity contribution is 5.54. The van der Waals surface area contributed by atoms with Gasteiger partial charge in [0.25, 0.3) is 0 Å². The highest BCUT2D eigenvalue weighted by Crippen LogP contribution is 2.39. The lowest BCUT2D eigenvalue weighted by Crippen LogP contribution is -2.29. The molecule has 5 nitrogen and oxygen atoms in total. The van der Waals surface area contributed by atoms with E-state index >= 15 is 0 Å². The minimum atomic E-state index is 0.189. The Kier molecular flexibility index (Phi) is 6.45. The maximum atomic E-state index is 5.37. The number of ether oxygens (including phenoxy) is 3. The van der Waals surface area contributed by atoms with Crippen molar-refractivity contribution in [3.63, 3.8) is 0 Å². The predicted molar refractivity (Wildman–Crippen MR) is 76.4 cm³/mol. The van der Waals surface area contributed by atoms with Gasteiger partial charge in [-0.2, -0.15) is 0 Å². The van der Waals surface area contributed by atoms with E-state index in [9.17, 15) is 0 Å². The van der Waals surface area contributed by atoms with Gasteiger partial charge in [0.05, 0.1) is 21.3 Å². The van der Waals surface area contributed by atoms with Crippen LogP contribution in [0.2, 0.25) is 0 Å². The molecule has 0 aliphatic carbocycles. The molecule has 0 heterocycles. The molecule has 1 rings (SSSR count). The minimum Gasteiger partial charge on any atom is -0.493 e. The first-order valence-corrected chi connectivity index (χ1v) is 6.39. The topological polar surface area (TPSA) is 51.8 Å². The first-order valence-electron chi connectivity index (χ1n) is 6.39. The van der Waals surface area contributed by atoms with Crippen LogP contribution in [0.25, 0.3) is 0 Å².